The number of hydrogen-bond donors (Lipinski definition) is 1. The maximum Gasteiger partial charge on any atom is 0.0515 e. The zero-order chi connectivity index (χ0) is 14.0. The molecule has 0 aliphatic carbocycles. The average Bonchev–Trinajstić information content (AvgIpc) is 2.34. The molecule has 4 heteroatoms. The molecular weight excluding hydrogens is 302 g/mol. The molecule has 1 aliphatic rings. The minimum Gasteiger partial charge on any atom is -0.398 e. The first-order chi connectivity index (χ1) is 8.97. The van der Waals surface area contributed by atoms with E-state index in [1.54, 1.807) is 0 Å². The summed E-state index contributed by atoms with van der Waals surface area (Å²) in [6.45, 7) is 12.3. The van der Waals surface area contributed by atoms with Crippen molar-refractivity contribution in [1.29, 1.82) is 0 Å². The molecule has 1 aliphatic heterocycles. The topological polar surface area (TPSA) is 32.5 Å². The number of nitrogen functional groups attached to an aromatic ring is 1. The van der Waals surface area contributed by atoms with Gasteiger partial charge in [-0.1, -0.05) is 13.8 Å². The molecule has 2 N–H and O–H groups in total. The number of piperazine rings is 1. The number of benzene rings is 1. The standard InChI is InChI=1S/C15H24BrN3/c1-11(2)10-18-4-6-19(7-5-18)15-8-12(3)14(17)9-13(15)16/h8-9,11H,4-7,10,17H2,1-3H3. The highest BCUT2D eigenvalue weighted by Gasteiger charge is 2.19. The van der Waals surface area contributed by atoms with E-state index in [2.05, 4.69) is 52.6 Å². The van der Waals surface area contributed by atoms with E-state index in [1.807, 2.05) is 6.07 Å². The maximum atomic E-state index is 5.94. The molecule has 0 aromatic heterocycles. The SMILES string of the molecule is Cc1cc(N2CCN(CC(C)C)CC2)c(Br)cc1N. The van der Waals surface area contributed by atoms with E-state index in [0.717, 1.165) is 47.8 Å². The molecule has 1 heterocycles. The number of nitrogens with two attached hydrogens (primary N) is 1. The Labute approximate surface area is 124 Å². The minimum absolute atomic E-state index is 0.747. The van der Waals surface area contributed by atoms with Crippen molar-refractivity contribution in [1.82, 2.24) is 4.90 Å². The molecular formula is C15H24BrN3. The van der Waals surface area contributed by atoms with Crippen molar-refractivity contribution in [2.24, 2.45) is 5.92 Å². The van der Waals surface area contributed by atoms with Crippen LogP contribution in [-0.2, 0) is 0 Å². The molecule has 0 bridgehead atoms. The Kier molecular flexibility index (Phi) is 4.74. The van der Waals surface area contributed by atoms with Crippen molar-refractivity contribution in [3.8, 4) is 0 Å². The van der Waals surface area contributed by atoms with Gasteiger partial charge in [-0.3, -0.25) is 4.90 Å². The van der Waals surface area contributed by atoms with Gasteiger partial charge in [0.1, 0.15) is 0 Å². The third-order valence-electron chi connectivity index (χ3n) is 3.67. The first-order valence-electron chi connectivity index (χ1n) is 7.00. The van der Waals surface area contributed by atoms with Crippen molar-refractivity contribution >= 4 is 27.3 Å². The van der Waals surface area contributed by atoms with Gasteiger partial charge >= 0.3 is 0 Å². The lowest BCUT2D eigenvalue weighted by Gasteiger charge is -2.37. The fraction of sp³-hybridized carbons (Fsp3) is 0.600. The molecule has 0 atom stereocenters. The highest BCUT2D eigenvalue weighted by atomic mass is 79.9. The lowest BCUT2D eigenvalue weighted by atomic mass is 10.1. The number of anilines is 2. The van der Waals surface area contributed by atoms with Gasteiger partial charge in [-0.05, 0) is 46.5 Å². The van der Waals surface area contributed by atoms with Gasteiger partial charge in [-0.25, -0.2) is 0 Å². The van der Waals surface area contributed by atoms with E-state index in [-0.39, 0.29) is 0 Å². The fourth-order valence-corrected chi connectivity index (χ4v) is 3.22. The van der Waals surface area contributed by atoms with E-state index >= 15 is 0 Å². The summed E-state index contributed by atoms with van der Waals surface area (Å²) in [5, 5.41) is 0. The van der Waals surface area contributed by atoms with Crippen molar-refractivity contribution in [3.63, 3.8) is 0 Å². The average molecular weight is 326 g/mol. The molecule has 19 heavy (non-hydrogen) atoms. The molecule has 0 saturated carbocycles. The van der Waals surface area contributed by atoms with Gasteiger partial charge in [-0.15, -0.1) is 0 Å². The first kappa shape index (κ1) is 14.7. The summed E-state index contributed by atoms with van der Waals surface area (Å²) in [4.78, 5) is 5.01. The molecule has 1 fully saturated rings. The number of nitrogens with zero attached hydrogens (tertiary/aromatic N) is 2. The monoisotopic (exact) mass is 325 g/mol. The summed E-state index contributed by atoms with van der Waals surface area (Å²) in [7, 11) is 0. The van der Waals surface area contributed by atoms with Gasteiger partial charge in [0.25, 0.3) is 0 Å². The summed E-state index contributed by atoms with van der Waals surface area (Å²) >= 11 is 3.64. The second kappa shape index (κ2) is 6.14. The van der Waals surface area contributed by atoms with Crippen LogP contribution in [0.5, 0.6) is 0 Å². The molecule has 3 nitrogen and oxygen atoms in total. The molecule has 0 spiro atoms. The van der Waals surface area contributed by atoms with Gasteiger partial charge in [0, 0.05) is 42.9 Å². The zero-order valence-corrected chi connectivity index (χ0v) is 13.7. The normalized spacial score (nSPS) is 17.2. The zero-order valence-electron chi connectivity index (χ0n) is 12.1. The summed E-state index contributed by atoms with van der Waals surface area (Å²) in [6, 6.07) is 4.21. The van der Waals surface area contributed by atoms with Crippen molar-refractivity contribution in [2.45, 2.75) is 20.8 Å². The minimum atomic E-state index is 0.747. The van der Waals surface area contributed by atoms with Gasteiger partial charge in [0.2, 0.25) is 0 Å². The molecule has 1 saturated heterocycles. The molecule has 0 radical (unpaired) electrons. The molecule has 2 rings (SSSR count). The Balaban J connectivity index is 2.03. The molecule has 1 aromatic rings. The lowest BCUT2D eigenvalue weighted by molar-refractivity contribution is 0.231. The summed E-state index contributed by atoms with van der Waals surface area (Å²) in [5.74, 6) is 0.747. The second-order valence-corrected chi connectivity index (χ2v) is 6.70. The third kappa shape index (κ3) is 3.63. The number of rotatable bonds is 3. The highest BCUT2D eigenvalue weighted by molar-refractivity contribution is 9.10. The Morgan fingerprint density at radius 2 is 1.84 bits per heavy atom. The lowest BCUT2D eigenvalue weighted by Crippen LogP contribution is -2.47. The predicted octanol–water partition coefficient (Wildman–Crippen LogP) is 3.12. The van der Waals surface area contributed by atoms with Crippen LogP contribution in [0.15, 0.2) is 16.6 Å². The smallest absolute Gasteiger partial charge is 0.0515 e. The van der Waals surface area contributed by atoms with Crippen LogP contribution < -0.4 is 10.6 Å². The van der Waals surface area contributed by atoms with E-state index in [4.69, 9.17) is 5.73 Å². The highest BCUT2D eigenvalue weighted by Crippen LogP contribution is 2.31. The van der Waals surface area contributed by atoms with Crippen LogP contribution in [-0.4, -0.2) is 37.6 Å². The van der Waals surface area contributed by atoms with Crippen LogP contribution >= 0.6 is 15.9 Å². The van der Waals surface area contributed by atoms with Crippen LogP contribution in [0.2, 0.25) is 0 Å². The number of aryl methyl sites for hydroxylation is 1. The van der Waals surface area contributed by atoms with Crippen LogP contribution in [0.25, 0.3) is 0 Å². The van der Waals surface area contributed by atoms with Crippen molar-refractivity contribution < 1.29 is 0 Å². The van der Waals surface area contributed by atoms with Gasteiger partial charge < -0.3 is 10.6 Å². The Hall–Kier alpha value is -0.740. The predicted molar refractivity (Wildman–Crippen MR) is 86.8 cm³/mol. The van der Waals surface area contributed by atoms with Crippen LogP contribution in [0.1, 0.15) is 19.4 Å². The van der Waals surface area contributed by atoms with Gasteiger partial charge in [0.15, 0.2) is 0 Å². The quantitative estimate of drug-likeness (QED) is 0.866. The molecule has 0 unspecified atom stereocenters. The second-order valence-electron chi connectivity index (χ2n) is 5.84. The Morgan fingerprint density at radius 1 is 1.21 bits per heavy atom. The fourth-order valence-electron chi connectivity index (χ4n) is 2.61. The van der Waals surface area contributed by atoms with E-state index in [0.29, 0.717) is 0 Å². The molecule has 1 aromatic carbocycles. The van der Waals surface area contributed by atoms with Crippen molar-refractivity contribution in [2.75, 3.05) is 43.4 Å². The number of halogens is 1. The van der Waals surface area contributed by atoms with Gasteiger partial charge in [-0.2, -0.15) is 0 Å². The Bertz CT molecular complexity index is 437. The van der Waals surface area contributed by atoms with E-state index < -0.39 is 0 Å². The summed E-state index contributed by atoms with van der Waals surface area (Å²) in [5.41, 5.74) is 9.22. The first-order valence-corrected chi connectivity index (χ1v) is 7.79. The van der Waals surface area contributed by atoms with Crippen LogP contribution in [0.3, 0.4) is 0 Å². The van der Waals surface area contributed by atoms with E-state index in [9.17, 15) is 0 Å². The summed E-state index contributed by atoms with van der Waals surface area (Å²) < 4.78 is 1.10. The molecule has 0 amide bonds. The third-order valence-corrected chi connectivity index (χ3v) is 4.31. The van der Waals surface area contributed by atoms with Crippen LogP contribution in [0.4, 0.5) is 11.4 Å². The van der Waals surface area contributed by atoms with E-state index in [1.165, 1.54) is 12.2 Å². The largest absolute Gasteiger partial charge is 0.398 e. The van der Waals surface area contributed by atoms with Gasteiger partial charge in [0.05, 0.1) is 5.69 Å². The Morgan fingerprint density at radius 3 is 2.42 bits per heavy atom. The van der Waals surface area contributed by atoms with Crippen LogP contribution in [0, 0.1) is 12.8 Å². The summed E-state index contributed by atoms with van der Waals surface area (Å²) in [6.07, 6.45) is 0. The maximum absolute atomic E-state index is 5.94. The van der Waals surface area contributed by atoms with Crippen molar-refractivity contribution in [3.05, 3.63) is 22.2 Å². The molecule has 106 valence electrons. The number of hydrogen-bond acceptors (Lipinski definition) is 3.